The Kier molecular flexibility index (Phi) is 8.45. The van der Waals surface area contributed by atoms with Gasteiger partial charge in [-0.25, -0.2) is 4.98 Å². The third-order valence-electron chi connectivity index (χ3n) is 7.29. The van der Waals surface area contributed by atoms with Crippen molar-refractivity contribution in [2.24, 2.45) is 5.92 Å². The van der Waals surface area contributed by atoms with Crippen LogP contribution < -0.4 is 10.1 Å². The van der Waals surface area contributed by atoms with Crippen LogP contribution in [0.2, 0.25) is 0 Å². The molecule has 0 radical (unpaired) electrons. The summed E-state index contributed by atoms with van der Waals surface area (Å²) in [6.07, 6.45) is 3.22. The van der Waals surface area contributed by atoms with Crippen molar-refractivity contribution in [1.29, 1.82) is 0 Å². The van der Waals surface area contributed by atoms with E-state index in [1.165, 1.54) is 11.3 Å². The monoisotopic (exact) mass is 548 g/mol. The SMILES string of the molecule is O=C(N[C@H]1CC[C@H](CCN2CCc3sc(OCCOC(F)(F)F)nc3C2)CC1)c1cccc2ncccc12. The van der Waals surface area contributed by atoms with E-state index in [4.69, 9.17) is 4.74 Å². The Bertz CT molecular complexity index is 1240. The second-order valence-electron chi connectivity index (χ2n) is 9.87. The van der Waals surface area contributed by atoms with Crippen molar-refractivity contribution in [3.8, 4) is 5.19 Å². The van der Waals surface area contributed by atoms with Crippen LogP contribution in [-0.4, -0.2) is 59.5 Å². The third-order valence-corrected chi connectivity index (χ3v) is 8.36. The number of amides is 1. The summed E-state index contributed by atoms with van der Waals surface area (Å²) in [6.45, 7) is 1.93. The van der Waals surface area contributed by atoms with Crippen LogP contribution >= 0.6 is 11.3 Å². The lowest BCUT2D eigenvalue weighted by molar-refractivity contribution is -0.325. The quantitative estimate of drug-likeness (QED) is 0.364. The molecule has 0 unspecified atom stereocenters. The summed E-state index contributed by atoms with van der Waals surface area (Å²) in [5.41, 5.74) is 2.46. The van der Waals surface area contributed by atoms with Crippen LogP contribution in [0.15, 0.2) is 36.5 Å². The molecule has 38 heavy (non-hydrogen) atoms. The molecule has 1 saturated carbocycles. The number of hydrogen-bond donors (Lipinski definition) is 1. The molecular weight excluding hydrogens is 517 g/mol. The number of nitrogens with zero attached hydrogens (tertiary/aromatic N) is 3. The molecule has 3 aromatic rings. The van der Waals surface area contributed by atoms with Gasteiger partial charge in [-0.05, 0) is 69.2 Å². The summed E-state index contributed by atoms with van der Waals surface area (Å²) in [5, 5.41) is 4.51. The van der Waals surface area contributed by atoms with Gasteiger partial charge in [-0.1, -0.05) is 23.5 Å². The molecule has 0 atom stereocenters. The molecule has 1 N–H and O–H groups in total. The van der Waals surface area contributed by atoms with Gasteiger partial charge in [-0.15, -0.1) is 13.2 Å². The molecule has 1 aliphatic heterocycles. The fourth-order valence-electron chi connectivity index (χ4n) is 5.29. The Morgan fingerprint density at radius 2 is 1.97 bits per heavy atom. The number of ether oxygens (including phenoxy) is 2. The fourth-order valence-corrected chi connectivity index (χ4v) is 6.22. The Hall–Kier alpha value is -2.76. The first-order valence-corrected chi connectivity index (χ1v) is 13.8. The Morgan fingerprint density at radius 3 is 2.79 bits per heavy atom. The number of fused-ring (bicyclic) bond motifs is 2. The number of carbonyl (C=O) groups is 1. The summed E-state index contributed by atoms with van der Waals surface area (Å²) < 4.78 is 45.4. The second kappa shape index (κ2) is 12.0. The van der Waals surface area contributed by atoms with Crippen LogP contribution in [0.1, 0.15) is 53.0 Å². The van der Waals surface area contributed by atoms with Crippen molar-refractivity contribution in [3.63, 3.8) is 0 Å². The van der Waals surface area contributed by atoms with E-state index in [9.17, 15) is 18.0 Å². The van der Waals surface area contributed by atoms with Crippen LogP contribution in [-0.2, 0) is 17.7 Å². The van der Waals surface area contributed by atoms with E-state index in [1.807, 2.05) is 30.3 Å². The van der Waals surface area contributed by atoms with Gasteiger partial charge in [0.1, 0.15) is 6.61 Å². The van der Waals surface area contributed by atoms with Crippen LogP contribution in [0.25, 0.3) is 10.9 Å². The van der Waals surface area contributed by atoms with Gasteiger partial charge in [0, 0.05) is 41.2 Å². The van der Waals surface area contributed by atoms with E-state index in [2.05, 4.69) is 24.9 Å². The summed E-state index contributed by atoms with van der Waals surface area (Å²) in [7, 11) is 0. The van der Waals surface area contributed by atoms with E-state index in [0.29, 0.717) is 16.7 Å². The van der Waals surface area contributed by atoms with Gasteiger partial charge in [-0.3, -0.25) is 19.4 Å². The molecule has 204 valence electrons. The predicted molar refractivity (Wildman–Crippen MR) is 138 cm³/mol. The smallest absolute Gasteiger partial charge is 0.468 e. The molecule has 5 rings (SSSR count). The zero-order valence-corrected chi connectivity index (χ0v) is 21.8. The van der Waals surface area contributed by atoms with Crippen molar-refractivity contribution < 1.29 is 27.4 Å². The van der Waals surface area contributed by atoms with Crippen molar-refractivity contribution in [1.82, 2.24) is 20.2 Å². The normalized spacial score (nSPS) is 20.3. The van der Waals surface area contributed by atoms with E-state index >= 15 is 0 Å². The maximum Gasteiger partial charge on any atom is 0.522 e. The molecule has 1 amide bonds. The Morgan fingerprint density at radius 1 is 1.13 bits per heavy atom. The van der Waals surface area contributed by atoms with E-state index in [-0.39, 0.29) is 18.6 Å². The van der Waals surface area contributed by atoms with E-state index < -0.39 is 13.0 Å². The van der Waals surface area contributed by atoms with Gasteiger partial charge in [0.05, 0.1) is 17.8 Å². The Labute approximate surface area is 223 Å². The van der Waals surface area contributed by atoms with Crippen LogP contribution in [0, 0.1) is 5.92 Å². The highest BCUT2D eigenvalue weighted by Gasteiger charge is 2.29. The molecule has 2 aromatic heterocycles. The highest BCUT2D eigenvalue weighted by Crippen LogP contribution is 2.32. The van der Waals surface area contributed by atoms with E-state index in [0.717, 1.165) is 79.6 Å². The topological polar surface area (TPSA) is 76.6 Å². The standard InChI is InChI=1S/C27H31F3N4O3S/c28-27(29,30)37-16-15-36-26-33-23-17-34(14-11-24(23)38-26)13-10-18-6-8-19(9-7-18)32-25(35)21-3-1-5-22-20(21)4-2-12-31-22/h1-5,12,18-19H,6-11,13-17H2,(H,32,35)/t18-,19-. The highest BCUT2D eigenvalue weighted by atomic mass is 32.1. The number of rotatable bonds is 9. The molecular formula is C27H31F3N4O3S. The molecule has 1 aliphatic carbocycles. The minimum absolute atomic E-state index is 0.0318. The first-order chi connectivity index (χ1) is 18.3. The molecule has 7 nitrogen and oxygen atoms in total. The first kappa shape index (κ1) is 26.8. The molecule has 0 saturated heterocycles. The lowest BCUT2D eigenvalue weighted by atomic mass is 9.84. The number of thiazole rings is 1. The summed E-state index contributed by atoms with van der Waals surface area (Å²) >= 11 is 1.41. The zero-order chi connectivity index (χ0) is 26.5. The number of pyridine rings is 1. The number of nitrogens with one attached hydrogen (secondary N) is 1. The summed E-state index contributed by atoms with van der Waals surface area (Å²) in [6, 6.07) is 9.63. The van der Waals surface area contributed by atoms with Gasteiger partial charge in [0.2, 0.25) is 0 Å². The van der Waals surface area contributed by atoms with Gasteiger partial charge in [0.25, 0.3) is 11.1 Å². The molecule has 1 fully saturated rings. The van der Waals surface area contributed by atoms with Gasteiger partial charge < -0.3 is 10.1 Å². The molecule has 11 heteroatoms. The molecule has 0 bridgehead atoms. The number of hydrogen-bond acceptors (Lipinski definition) is 7. The van der Waals surface area contributed by atoms with Crippen LogP contribution in [0.5, 0.6) is 5.19 Å². The van der Waals surface area contributed by atoms with Crippen molar-refractivity contribution >= 4 is 28.1 Å². The Balaban J connectivity index is 1.03. The number of halogens is 3. The van der Waals surface area contributed by atoms with Crippen molar-refractivity contribution in [2.75, 3.05) is 26.3 Å². The molecule has 0 spiro atoms. The largest absolute Gasteiger partial charge is 0.522 e. The van der Waals surface area contributed by atoms with E-state index in [1.54, 1.807) is 6.20 Å². The number of carbonyl (C=O) groups excluding carboxylic acids is 1. The predicted octanol–water partition coefficient (Wildman–Crippen LogP) is 5.34. The average molecular weight is 549 g/mol. The minimum atomic E-state index is -4.64. The third kappa shape index (κ3) is 7.00. The number of benzene rings is 1. The van der Waals surface area contributed by atoms with Crippen molar-refractivity contribution in [3.05, 3.63) is 52.7 Å². The lowest BCUT2D eigenvalue weighted by Gasteiger charge is -2.32. The summed E-state index contributed by atoms with van der Waals surface area (Å²) in [5.74, 6) is 0.602. The fraction of sp³-hybridized carbons (Fsp3) is 0.519. The number of alkyl halides is 3. The minimum Gasteiger partial charge on any atom is -0.468 e. The van der Waals surface area contributed by atoms with Crippen LogP contribution in [0.3, 0.4) is 0 Å². The average Bonchev–Trinajstić information content (AvgIpc) is 3.32. The zero-order valence-electron chi connectivity index (χ0n) is 21.0. The number of aromatic nitrogens is 2. The molecule has 2 aliphatic rings. The first-order valence-electron chi connectivity index (χ1n) is 13.0. The van der Waals surface area contributed by atoms with Gasteiger partial charge in [-0.2, -0.15) is 0 Å². The van der Waals surface area contributed by atoms with Crippen molar-refractivity contribution in [2.45, 2.75) is 57.5 Å². The molecule has 3 heterocycles. The van der Waals surface area contributed by atoms with Crippen LogP contribution in [0.4, 0.5) is 13.2 Å². The maximum absolute atomic E-state index is 12.9. The maximum atomic E-state index is 12.9. The lowest BCUT2D eigenvalue weighted by Crippen LogP contribution is -2.38. The highest BCUT2D eigenvalue weighted by molar-refractivity contribution is 7.13. The van der Waals surface area contributed by atoms with Gasteiger partial charge >= 0.3 is 6.36 Å². The van der Waals surface area contributed by atoms with Gasteiger partial charge in [0.15, 0.2) is 0 Å². The molecule has 1 aromatic carbocycles. The summed E-state index contributed by atoms with van der Waals surface area (Å²) in [4.78, 5) is 25.3. The second-order valence-corrected chi connectivity index (χ2v) is 10.9.